The van der Waals surface area contributed by atoms with E-state index >= 15 is 0 Å². The molecule has 5 heteroatoms. The molecule has 1 N–H and O–H groups in total. The van der Waals surface area contributed by atoms with Crippen LogP contribution in [0.25, 0.3) is 0 Å². The summed E-state index contributed by atoms with van der Waals surface area (Å²) in [5.74, 6) is -0.00464. The predicted molar refractivity (Wildman–Crippen MR) is 78.1 cm³/mol. The molecule has 1 aromatic carbocycles. The first-order chi connectivity index (χ1) is 9.65. The van der Waals surface area contributed by atoms with Crippen molar-refractivity contribution in [2.24, 2.45) is 0 Å². The molecular formula is C15H15NO3S. The van der Waals surface area contributed by atoms with Crippen LogP contribution in [0.15, 0.2) is 41.1 Å². The van der Waals surface area contributed by atoms with E-state index < -0.39 is 0 Å². The third-order valence-electron chi connectivity index (χ3n) is 2.62. The molecule has 0 saturated carbocycles. The van der Waals surface area contributed by atoms with Crippen molar-refractivity contribution < 1.29 is 14.3 Å². The Morgan fingerprint density at radius 3 is 2.85 bits per heavy atom. The van der Waals surface area contributed by atoms with Crippen LogP contribution in [-0.2, 0) is 4.79 Å². The fourth-order valence-electron chi connectivity index (χ4n) is 1.64. The van der Waals surface area contributed by atoms with Gasteiger partial charge in [-0.25, -0.2) is 0 Å². The highest BCUT2D eigenvalue weighted by Crippen LogP contribution is 2.12. The summed E-state index contributed by atoms with van der Waals surface area (Å²) < 4.78 is 5.18. The van der Waals surface area contributed by atoms with Crippen molar-refractivity contribution in [1.82, 2.24) is 5.32 Å². The number of hydrogen-bond acceptors (Lipinski definition) is 4. The van der Waals surface area contributed by atoms with Crippen molar-refractivity contribution in [3.05, 3.63) is 52.2 Å². The number of benzene rings is 1. The Labute approximate surface area is 121 Å². The number of thiophene rings is 1. The lowest BCUT2D eigenvalue weighted by Crippen LogP contribution is -2.26. The smallest absolute Gasteiger partial charge is 0.312 e. The quantitative estimate of drug-likeness (QED) is 0.680. The average molecular weight is 289 g/mol. The zero-order valence-corrected chi connectivity index (χ0v) is 11.9. The van der Waals surface area contributed by atoms with Crippen LogP contribution in [0.3, 0.4) is 0 Å². The number of aryl methyl sites for hydroxylation is 1. The largest absolute Gasteiger partial charge is 0.426 e. The molecule has 0 radical (unpaired) electrons. The number of ether oxygens (including phenoxy) is 1. The van der Waals surface area contributed by atoms with Gasteiger partial charge in [-0.05, 0) is 36.1 Å². The third-order valence-corrected chi connectivity index (χ3v) is 3.30. The lowest BCUT2D eigenvalue weighted by Gasteiger charge is -2.06. The van der Waals surface area contributed by atoms with E-state index in [4.69, 9.17) is 4.74 Å². The zero-order valence-electron chi connectivity index (χ0n) is 11.1. The van der Waals surface area contributed by atoms with Crippen LogP contribution in [0.5, 0.6) is 5.75 Å². The number of hydrogen-bond donors (Lipinski definition) is 1. The maximum atomic E-state index is 11.6. The normalized spacial score (nSPS) is 10.1. The monoisotopic (exact) mass is 289 g/mol. The van der Waals surface area contributed by atoms with Crippen LogP contribution in [0.1, 0.15) is 22.3 Å². The van der Waals surface area contributed by atoms with Crippen molar-refractivity contribution in [2.45, 2.75) is 13.3 Å². The molecular weight excluding hydrogens is 274 g/mol. The second-order valence-corrected chi connectivity index (χ2v) is 5.09. The van der Waals surface area contributed by atoms with Gasteiger partial charge < -0.3 is 10.1 Å². The molecule has 1 aromatic heterocycles. The van der Waals surface area contributed by atoms with E-state index in [0.717, 1.165) is 5.56 Å². The van der Waals surface area contributed by atoms with Crippen LogP contribution in [0.4, 0.5) is 0 Å². The maximum Gasteiger partial charge on any atom is 0.312 e. The van der Waals surface area contributed by atoms with Crippen LogP contribution < -0.4 is 10.1 Å². The molecule has 2 rings (SSSR count). The molecule has 4 nitrogen and oxygen atoms in total. The van der Waals surface area contributed by atoms with Gasteiger partial charge in [-0.2, -0.15) is 11.3 Å². The van der Waals surface area contributed by atoms with E-state index in [9.17, 15) is 9.59 Å². The summed E-state index contributed by atoms with van der Waals surface area (Å²) >= 11 is 1.46. The number of carbonyl (C=O) groups is 2. The van der Waals surface area contributed by atoms with Gasteiger partial charge in [-0.1, -0.05) is 12.1 Å². The van der Waals surface area contributed by atoms with Gasteiger partial charge in [-0.3, -0.25) is 9.59 Å². The highest BCUT2D eigenvalue weighted by Gasteiger charge is 2.08. The van der Waals surface area contributed by atoms with E-state index in [0.29, 0.717) is 11.3 Å². The Hall–Kier alpha value is -2.14. The van der Waals surface area contributed by atoms with Crippen molar-refractivity contribution >= 4 is 23.2 Å². The Bertz CT molecular complexity index is 593. The molecule has 1 amide bonds. The molecule has 0 spiro atoms. The van der Waals surface area contributed by atoms with Gasteiger partial charge in [0.15, 0.2) is 0 Å². The summed E-state index contributed by atoms with van der Waals surface area (Å²) in [6, 6.07) is 9.02. The fraction of sp³-hybridized carbons (Fsp3) is 0.200. The Balaban J connectivity index is 1.74. The molecule has 20 heavy (non-hydrogen) atoms. The molecule has 0 unspecified atom stereocenters. The molecule has 1 heterocycles. The molecule has 0 saturated heterocycles. The number of esters is 1. The minimum atomic E-state index is -0.360. The van der Waals surface area contributed by atoms with Crippen LogP contribution in [-0.4, -0.2) is 18.4 Å². The molecule has 2 aromatic rings. The Morgan fingerprint density at radius 2 is 2.15 bits per heavy atom. The Morgan fingerprint density at radius 1 is 1.30 bits per heavy atom. The Kier molecular flexibility index (Phi) is 4.90. The van der Waals surface area contributed by atoms with Crippen molar-refractivity contribution in [2.75, 3.05) is 6.54 Å². The molecule has 104 valence electrons. The second kappa shape index (κ2) is 6.86. The van der Waals surface area contributed by atoms with Crippen LogP contribution >= 0.6 is 11.3 Å². The van der Waals surface area contributed by atoms with Gasteiger partial charge in [0, 0.05) is 17.5 Å². The van der Waals surface area contributed by atoms with E-state index in [-0.39, 0.29) is 24.8 Å². The van der Waals surface area contributed by atoms with Gasteiger partial charge in [-0.15, -0.1) is 0 Å². The summed E-state index contributed by atoms with van der Waals surface area (Å²) in [6.45, 7) is 2.19. The molecule has 0 aliphatic heterocycles. The average Bonchev–Trinajstić information content (AvgIpc) is 2.92. The lowest BCUT2D eigenvalue weighted by molar-refractivity contribution is -0.134. The first-order valence-corrected chi connectivity index (χ1v) is 7.17. The van der Waals surface area contributed by atoms with Gasteiger partial charge >= 0.3 is 5.97 Å². The first kappa shape index (κ1) is 14.3. The standard InChI is InChI=1S/C15H15NO3S/c1-11-3-2-4-13(9-11)19-14(17)5-7-16-15(18)12-6-8-20-10-12/h2-4,6,8-10H,5,7H2,1H3,(H,16,18). The molecule has 0 bridgehead atoms. The van der Waals surface area contributed by atoms with Crippen molar-refractivity contribution in [3.63, 3.8) is 0 Å². The van der Waals surface area contributed by atoms with E-state index in [1.807, 2.05) is 24.4 Å². The minimum absolute atomic E-state index is 0.143. The highest BCUT2D eigenvalue weighted by molar-refractivity contribution is 7.08. The van der Waals surface area contributed by atoms with Crippen molar-refractivity contribution in [3.8, 4) is 5.75 Å². The van der Waals surface area contributed by atoms with Crippen LogP contribution in [0.2, 0.25) is 0 Å². The second-order valence-electron chi connectivity index (χ2n) is 4.31. The molecule has 0 aliphatic rings. The highest BCUT2D eigenvalue weighted by atomic mass is 32.1. The molecule has 0 fully saturated rings. The van der Waals surface area contributed by atoms with Gasteiger partial charge in [0.05, 0.1) is 6.42 Å². The third kappa shape index (κ3) is 4.20. The maximum absolute atomic E-state index is 11.6. The topological polar surface area (TPSA) is 55.4 Å². The number of rotatable bonds is 5. The summed E-state index contributed by atoms with van der Waals surface area (Å²) in [7, 11) is 0. The first-order valence-electron chi connectivity index (χ1n) is 6.23. The summed E-state index contributed by atoms with van der Waals surface area (Å²) in [4.78, 5) is 23.3. The number of carbonyl (C=O) groups excluding carboxylic acids is 2. The lowest BCUT2D eigenvalue weighted by atomic mass is 10.2. The van der Waals surface area contributed by atoms with Gasteiger partial charge in [0.25, 0.3) is 5.91 Å². The number of nitrogens with one attached hydrogen (secondary N) is 1. The van der Waals surface area contributed by atoms with E-state index in [2.05, 4.69) is 5.32 Å². The predicted octanol–water partition coefficient (Wildman–Crippen LogP) is 2.78. The zero-order chi connectivity index (χ0) is 14.4. The summed E-state index contributed by atoms with van der Waals surface area (Å²) in [5, 5.41) is 6.28. The fourth-order valence-corrected chi connectivity index (χ4v) is 2.27. The van der Waals surface area contributed by atoms with Gasteiger partial charge in [0.2, 0.25) is 0 Å². The molecule has 0 aliphatic carbocycles. The minimum Gasteiger partial charge on any atom is -0.426 e. The van der Waals surface area contributed by atoms with Gasteiger partial charge in [0.1, 0.15) is 5.75 Å². The SMILES string of the molecule is Cc1cccc(OC(=O)CCNC(=O)c2ccsc2)c1. The van der Waals surface area contributed by atoms with Crippen molar-refractivity contribution in [1.29, 1.82) is 0 Å². The summed E-state index contributed by atoms with van der Waals surface area (Å²) in [6.07, 6.45) is 0.143. The van der Waals surface area contributed by atoms with Crippen LogP contribution in [0, 0.1) is 6.92 Å². The van der Waals surface area contributed by atoms with E-state index in [1.165, 1.54) is 11.3 Å². The number of amides is 1. The molecule has 0 atom stereocenters. The summed E-state index contributed by atoms with van der Waals surface area (Å²) in [5.41, 5.74) is 1.64. The van der Waals surface area contributed by atoms with E-state index in [1.54, 1.807) is 23.6 Å².